The van der Waals surface area contributed by atoms with Crippen molar-refractivity contribution in [1.82, 2.24) is 0 Å². The summed E-state index contributed by atoms with van der Waals surface area (Å²) in [4.78, 5) is 18.2. The molecule has 0 radical (unpaired) electrons. The van der Waals surface area contributed by atoms with Crippen molar-refractivity contribution in [2.45, 2.75) is 91.4 Å². The number of hydrogen-bond acceptors (Lipinski definition) is 3. The molecule has 7 atom stereocenters. The minimum atomic E-state index is -0.0111. The molecule has 0 aliphatic heterocycles. The summed E-state index contributed by atoms with van der Waals surface area (Å²) in [5, 5.41) is 4.25. The van der Waals surface area contributed by atoms with Crippen LogP contribution in [0.25, 0.3) is 0 Å². The summed E-state index contributed by atoms with van der Waals surface area (Å²) >= 11 is 0. The molecule has 4 saturated carbocycles. The van der Waals surface area contributed by atoms with Gasteiger partial charge in [-0.2, -0.15) is 0 Å². The van der Waals surface area contributed by atoms with Gasteiger partial charge in [-0.1, -0.05) is 37.4 Å². The third kappa shape index (κ3) is 2.48. The van der Waals surface area contributed by atoms with E-state index in [0.29, 0.717) is 17.1 Å². The number of fused-ring (bicyclic) bond motifs is 7. The number of rotatable bonds is 2. The lowest BCUT2D eigenvalue weighted by Crippen LogP contribution is -2.55. The third-order valence-corrected chi connectivity index (χ3v) is 10.8. The standard InChI is InChI=1S/C26H39NO2/c1-17(28)26-12-6-5-7-19(26)16-23-21-9-8-18-15-20(27-29-4)10-13-24(18,2)22(21)11-14-25(23,26)3/h15,19,21-23H,5-14,16H2,1-4H3. The third-order valence-electron chi connectivity index (χ3n) is 10.8. The average molecular weight is 398 g/mol. The number of allylic oxidation sites excluding steroid dienone is 2. The molecule has 4 fully saturated rings. The van der Waals surface area contributed by atoms with Crippen LogP contribution < -0.4 is 0 Å². The van der Waals surface area contributed by atoms with Crippen LogP contribution in [0.15, 0.2) is 16.8 Å². The van der Waals surface area contributed by atoms with Crippen LogP contribution in [0, 0.1) is 39.9 Å². The second kappa shape index (κ2) is 6.69. The van der Waals surface area contributed by atoms with Gasteiger partial charge in [0.2, 0.25) is 0 Å². The van der Waals surface area contributed by atoms with Crippen molar-refractivity contribution < 1.29 is 9.63 Å². The Bertz CT molecular complexity index is 769. The summed E-state index contributed by atoms with van der Waals surface area (Å²) < 4.78 is 0. The number of Topliss-reactive ketones (excluding diaryl/α,β-unsaturated/α-hetero) is 1. The molecular formula is C26H39NO2. The van der Waals surface area contributed by atoms with Crippen LogP contribution in [0.5, 0.6) is 0 Å². The zero-order valence-corrected chi connectivity index (χ0v) is 18.9. The van der Waals surface area contributed by atoms with E-state index in [9.17, 15) is 4.79 Å². The summed E-state index contributed by atoms with van der Waals surface area (Å²) in [6.45, 7) is 7.02. The van der Waals surface area contributed by atoms with Crippen molar-refractivity contribution in [3.8, 4) is 0 Å². The Morgan fingerprint density at radius 2 is 1.90 bits per heavy atom. The molecule has 0 aromatic rings. The summed E-state index contributed by atoms with van der Waals surface area (Å²) in [7, 11) is 1.66. The molecule has 29 heavy (non-hydrogen) atoms. The first-order valence-corrected chi connectivity index (χ1v) is 12.2. The average Bonchev–Trinajstić information content (AvgIpc) is 2.98. The number of oxime groups is 1. The molecule has 0 spiro atoms. The Balaban J connectivity index is 1.50. The first-order valence-electron chi connectivity index (χ1n) is 12.2. The molecule has 3 nitrogen and oxygen atoms in total. The predicted octanol–water partition coefficient (Wildman–Crippen LogP) is 6.33. The highest BCUT2D eigenvalue weighted by Gasteiger charge is 2.69. The Labute approximate surface area is 176 Å². The predicted molar refractivity (Wildman–Crippen MR) is 117 cm³/mol. The van der Waals surface area contributed by atoms with Gasteiger partial charge in [-0.3, -0.25) is 4.79 Å². The molecule has 160 valence electrons. The molecule has 0 saturated heterocycles. The molecule has 0 bridgehead atoms. The van der Waals surface area contributed by atoms with Crippen LogP contribution in [0.3, 0.4) is 0 Å². The Morgan fingerprint density at radius 3 is 2.66 bits per heavy atom. The van der Waals surface area contributed by atoms with Crippen LogP contribution in [-0.2, 0) is 9.63 Å². The molecule has 5 rings (SSSR count). The van der Waals surface area contributed by atoms with Gasteiger partial charge in [0, 0.05) is 5.41 Å². The van der Waals surface area contributed by atoms with Gasteiger partial charge in [-0.05, 0) is 105 Å². The summed E-state index contributed by atoms with van der Waals surface area (Å²) in [5.41, 5.74) is 3.30. The molecule has 0 aromatic heterocycles. The van der Waals surface area contributed by atoms with Gasteiger partial charge < -0.3 is 4.84 Å². The highest BCUT2D eigenvalue weighted by molar-refractivity contribution is 5.96. The summed E-state index contributed by atoms with van der Waals surface area (Å²) in [6.07, 6.45) is 16.1. The highest BCUT2D eigenvalue weighted by atomic mass is 16.6. The Kier molecular flexibility index (Phi) is 4.57. The van der Waals surface area contributed by atoms with Crippen LogP contribution >= 0.6 is 0 Å². The van der Waals surface area contributed by atoms with E-state index in [1.54, 1.807) is 12.7 Å². The minimum Gasteiger partial charge on any atom is -0.399 e. The SMILES string of the molecule is CON=C1C=C2CCC3C(CCC4(C)C3CC3CCCCC34C(C)=O)C2(C)CC1. The number of hydrogen-bond donors (Lipinski definition) is 0. The molecular weight excluding hydrogens is 358 g/mol. The fourth-order valence-electron chi connectivity index (χ4n) is 9.56. The van der Waals surface area contributed by atoms with E-state index in [2.05, 4.69) is 25.1 Å². The fourth-order valence-corrected chi connectivity index (χ4v) is 9.56. The normalized spacial score (nSPS) is 50.1. The van der Waals surface area contributed by atoms with Crippen molar-refractivity contribution in [2.24, 2.45) is 45.1 Å². The van der Waals surface area contributed by atoms with E-state index < -0.39 is 0 Å². The highest BCUT2D eigenvalue weighted by Crippen LogP contribution is 2.74. The monoisotopic (exact) mass is 397 g/mol. The van der Waals surface area contributed by atoms with E-state index in [1.807, 2.05) is 6.92 Å². The zero-order chi connectivity index (χ0) is 20.4. The van der Waals surface area contributed by atoms with Gasteiger partial charge in [-0.15, -0.1) is 0 Å². The van der Waals surface area contributed by atoms with E-state index in [4.69, 9.17) is 4.84 Å². The largest absolute Gasteiger partial charge is 0.399 e. The second-order valence-corrected chi connectivity index (χ2v) is 11.4. The molecule has 0 N–H and O–H groups in total. The van der Waals surface area contributed by atoms with Crippen molar-refractivity contribution in [2.75, 3.05) is 7.11 Å². The van der Waals surface area contributed by atoms with Gasteiger partial charge >= 0.3 is 0 Å². The fraction of sp³-hybridized carbons (Fsp3) is 0.846. The molecule has 0 aromatic carbocycles. The smallest absolute Gasteiger partial charge is 0.136 e. The number of carbonyl (C=O) groups excluding carboxylic acids is 1. The maximum absolute atomic E-state index is 13.2. The summed E-state index contributed by atoms with van der Waals surface area (Å²) in [6, 6.07) is 0. The van der Waals surface area contributed by atoms with Crippen molar-refractivity contribution >= 4 is 11.5 Å². The number of ketones is 1. The zero-order valence-electron chi connectivity index (χ0n) is 18.9. The van der Waals surface area contributed by atoms with Crippen molar-refractivity contribution in [3.05, 3.63) is 11.6 Å². The first kappa shape index (κ1) is 19.8. The lowest BCUT2D eigenvalue weighted by atomic mass is 9.44. The van der Waals surface area contributed by atoms with Crippen molar-refractivity contribution in [1.29, 1.82) is 0 Å². The topological polar surface area (TPSA) is 38.7 Å². The number of carbonyl (C=O) groups is 1. The van der Waals surface area contributed by atoms with Gasteiger partial charge in [0.25, 0.3) is 0 Å². The van der Waals surface area contributed by atoms with Gasteiger partial charge in [0.15, 0.2) is 0 Å². The Hall–Kier alpha value is -1.12. The maximum Gasteiger partial charge on any atom is 0.136 e. The lowest BCUT2D eigenvalue weighted by molar-refractivity contribution is -0.147. The molecule has 5 aliphatic carbocycles. The van der Waals surface area contributed by atoms with Crippen LogP contribution in [-0.4, -0.2) is 18.6 Å². The maximum atomic E-state index is 13.2. The van der Waals surface area contributed by atoms with E-state index >= 15 is 0 Å². The minimum absolute atomic E-state index is 0.0111. The van der Waals surface area contributed by atoms with E-state index in [1.165, 1.54) is 57.8 Å². The molecule has 0 heterocycles. The van der Waals surface area contributed by atoms with Gasteiger partial charge in [-0.25, -0.2) is 0 Å². The quantitative estimate of drug-likeness (QED) is 0.511. The summed E-state index contributed by atoms with van der Waals surface area (Å²) in [5.74, 6) is 3.51. The lowest BCUT2D eigenvalue weighted by Gasteiger charge is -2.60. The second-order valence-electron chi connectivity index (χ2n) is 11.4. The van der Waals surface area contributed by atoms with Crippen LogP contribution in [0.4, 0.5) is 0 Å². The number of nitrogens with zero attached hydrogens (tertiary/aromatic N) is 1. The molecule has 7 unspecified atom stereocenters. The van der Waals surface area contributed by atoms with Gasteiger partial charge in [0.1, 0.15) is 12.9 Å². The van der Waals surface area contributed by atoms with Crippen LogP contribution in [0.1, 0.15) is 91.4 Å². The van der Waals surface area contributed by atoms with Crippen molar-refractivity contribution in [3.63, 3.8) is 0 Å². The first-order chi connectivity index (χ1) is 13.9. The van der Waals surface area contributed by atoms with Crippen LogP contribution in [0.2, 0.25) is 0 Å². The van der Waals surface area contributed by atoms with E-state index in [-0.39, 0.29) is 10.8 Å². The molecule has 3 heteroatoms. The Morgan fingerprint density at radius 1 is 1.07 bits per heavy atom. The molecule has 0 amide bonds. The molecule has 5 aliphatic rings. The van der Waals surface area contributed by atoms with E-state index in [0.717, 1.165) is 36.3 Å². The van der Waals surface area contributed by atoms with Gasteiger partial charge in [0.05, 0.1) is 5.71 Å².